The molecule has 1 N–H and O–H groups in total. The van der Waals surface area contributed by atoms with Crippen molar-refractivity contribution < 1.29 is 9.90 Å². The summed E-state index contributed by atoms with van der Waals surface area (Å²) in [6.07, 6.45) is 7.52. The van der Waals surface area contributed by atoms with Crippen molar-refractivity contribution in [2.24, 2.45) is 17.8 Å². The lowest BCUT2D eigenvalue weighted by atomic mass is 9.86. The number of piperidine rings is 1. The van der Waals surface area contributed by atoms with E-state index in [2.05, 4.69) is 33.6 Å². The monoisotopic (exact) mass is 332 g/mol. The molecule has 1 aromatic rings. The number of aliphatic carboxylic acids is 1. The van der Waals surface area contributed by atoms with Crippen molar-refractivity contribution in [3.63, 3.8) is 0 Å². The van der Waals surface area contributed by atoms with Crippen LogP contribution in [0.5, 0.6) is 0 Å². The van der Waals surface area contributed by atoms with Gasteiger partial charge in [-0.1, -0.05) is 13.8 Å². The zero-order chi connectivity index (χ0) is 17.1. The Hall–Kier alpha value is -1.69. The Morgan fingerprint density at radius 1 is 1.21 bits per heavy atom. The summed E-state index contributed by atoms with van der Waals surface area (Å²) in [6, 6.07) is 0. The van der Waals surface area contributed by atoms with Crippen LogP contribution < -0.4 is 4.90 Å². The second-order valence-electron chi connectivity index (χ2n) is 7.49. The van der Waals surface area contributed by atoms with E-state index in [9.17, 15) is 9.90 Å². The van der Waals surface area contributed by atoms with Crippen LogP contribution in [-0.2, 0) is 11.3 Å². The fourth-order valence-corrected chi connectivity index (χ4v) is 3.92. The van der Waals surface area contributed by atoms with Crippen LogP contribution in [0.15, 0.2) is 12.4 Å². The molecule has 0 aromatic carbocycles. The number of carbonyl (C=O) groups is 1. The highest BCUT2D eigenvalue weighted by molar-refractivity contribution is 5.71. The summed E-state index contributed by atoms with van der Waals surface area (Å²) < 4.78 is 0. The van der Waals surface area contributed by atoms with Crippen LogP contribution in [0.4, 0.5) is 5.95 Å². The summed E-state index contributed by atoms with van der Waals surface area (Å²) in [4.78, 5) is 25.0. The fraction of sp³-hybridized carbons (Fsp3) is 0.722. The lowest BCUT2D eigenvalue weighted by molar-refractivity contribution is -0.143. The summed E-state index contributed by atoms with van der Waals surface area (Å²) in [5.41, 5.74) is 1.06. The number of carboxylic acid groups (broad SMARTS) is 1. The molecule has 0 unspecified atom stereocenters. The molecular weight excluding hydrogens is 304 g/mol. The van der Waals surface area contributed by atoms with Gasteiger partial charge in [-0.15, -0.1) is 0 Å². The van der Waals surface area contributed by atoms with Gasteiger partial charge >= 0.3 is 5.97 Å². The normalized spacial score (nSPS) is 25.4. The molecule has 1 aromatic heterocycles. The molecule has 3 heterocycles. The number of likely N-dealkylation sites (tertiary alicyclic amines) is 1. The van der Waals surface area contributed by atoms with E-state index in [1.807, 2.05) is 12.4 Å². The molecule has 2 atom stereocenters. The zero-order valence-electron chi connectivity index (χ0n) is 14.7. The van der Waals surface area contributed by atoms with Crippen molar-refractivity contribution in [3.05, 3.63) is 18.0 Å². The molecule has 2 saturated heterocycles. The van der Waals surface area contributed by atoms with Gasteiger partial charge in [0.05, 0.1) is 5.92 Å². The number of nitrogens with zero attached hydrogens (tertiary/aromatic N) is 4. The Kier molecular flexibility index (Phi) is 5.33. The zero-order valence-corrected chi connectivity index (χ0v) is 14.7. The van der Waals surface area contributed by atoms with Crippen molar-refractivity contribution in [2.45, 2.75) is 39.7 Å². The highest BCUT2D eigenvalue weighted by atomic mass is 16.4. The number of hydrogen-bond donors (Lipinski definition) is 1. The number of aromatic nitrogens is 2. The minimum Gasteiger partial charge on any atom is -0.481 e. The highest BCUT2D eigenvalue weighted by Gasteiger charge is 2.39. The maximum Gasteiger partial charge on any atom is 0.308 e. The second-order valence-corrected chi connectivity index (χ2v) is 7.49. The molecule has 0 aliphatic carbocycles. The maximum atomic E-state index is 11.5. The van der Waals surface area contributed by atoms with E-state index in [1.54, 1.807) is 0 Å². The fourth-order valence-electron chi connectivity index (χ4n) is 3.92. The molecule has 0 bridgehead atoms. The third-order valence-corrected chi connectivity index (χ3v) is 5.35. The molecule has 24 heavy (non-hydrogen) atoms. The first-order chi connectivity index (χ1) is 11.5. The third kappa shape index (κ3) is 3.86. The van der Waals surface area contributed by atoms with E-state index in [0.29, 0.717) is 12.5 Å². The average Bonchev–Trinajstić information content (AvgIpc) is 3.01. The quantitative estimate of drug-likeness (QED) is 0.892. The SMILES string of the molecule is CC(C)[C@@H]1CN(Cc2cnc(N3CCCCC3)nc2)C[C@H]1C(=O)O. The first-order valence-electron chi connectivity index (χ1n) is 9.05. The summed E-state index contributed by atoms with van der Waals surface area (Å²) in [5, 5.41) is 9.44. The summed E-state index contributed by atoms with van der Waals surface area (Å²) in [6.45, 7) is 8.49. The molecule has 2 aliphatic heterocycles. The summed E-state index contributed by atoms with van der Waals surface area (Å²) in [7, 11) is 0. The van der Waals surface area contributed by atoms with Crippen molar-refractivity contribution >= 4 is 11.9 Å². The van der Waals surface area contributed by atoms with Gasteiger partial charge in [0.1, 0.15) is 0 Å². The van der Waals surface area contributed by atoms with Crippen LogP contribution in [0.25, 0.3) is 0 Å². The molecular formula is C18H28N4O2. The molecule has 0 radical (unpaired) electrons. The van der Waals surface area contributed by atoms with Crippen molar-refractivity contribution in [1.29, 1.82) is 0 Å². The molecule has 0 saturated carbocycles. The first kappa shape index (κ1) is 17.1. The van der Waals surface area contributed by atoms with Crippen LogP contribution in [0.3, 0.4) is 0 Å². The van der Waals surface area contributed by atoms with E-state index in [0.717, 1.165) is 37.7 Å². The molecule has 6 nitrogen and oxygen atoms in total. The van der Waals surface area contributed by atoms with Crippen LogP contribution in [0.2, 0.25) is 0 Å². The van der Waals surface area contributed by atoms with Gasteiger partial charge in [-0.2, -0.15) is 0 Å². The summed E-state index contributed by atoms with van der Waals surface area (Å²) in [5.74, 6) is 0.486. The maximum absolute atomic E-state index is 11.5. The van der Waals surface area contributed by atoms with Gasteiger partial charge in [-0.05, 0) is 31.1 Å². The topological polar surface area (TPSA) is 69.6 Å². The predicted octanol–water partition coefficient (Wildman–Crippen LogP) is 2.26. The number of rotatable bonds is 5. The lowest BCUT2D eigenvalue weighted by Gasteiger charge is -2.26. The minimum atomic E-state index is -0.673. The molecule has 132 valence electrons. The van der Waals surface area contributed by atoms with Gasteiger partial charge < -0.3 is 10.0 Å². The standard InChI is InChI=1S/C18H28N4O2/c1-13(2)15-11-21(12-16(15)17(23)24)10-14-8-19-18(20-9-14)22-6-4-3-5-7-22/h8-9,13,15-16H,3-7,10-12H2,1-2H3,(H,23,24)/t15-,16+/m0/s1. The first-order valence-corrected chi connectivity index (χ1v) is 9.05. The minimum absolute atomic E-state index is 0.219. The Morgan fingerprint density at radius 2 is 1.88 bits per heavy atom. The molecule has 0 spiro atoms. The number of carboxylic acids is 1. The van der Waals surface area contributed by atoms with Crippen molar-refractivity contribution in [1.82, 2.24) is 14.9 Å². The van der Waals surface area contributed by atoms with E-state index in [-0.39, 0.29) is 11.8 Å². The van der Waals surface area contributed by atoms with Crippen LogP contribution in [0.1, 0.15) is 38.7 Å². The van der Waals surface area contributed by atoms with Gasteiger partial charge in [0.2, 0.25) is 5.95 Å². The van der Waals surface area contributed by atoms with Crippen LogP contribution in [0, 0.1) is 17.8 Å². The predicted molar refractivity (Wildman–Crippen MR) is 92.8 cm³/mol. The molecule has 2 fully saturated rings. The van der Waals surface area contributed by atoms with Crippen molar-refractivity contribution in [2.75, 3.05) is 31.1 Å². The average molecular weight is 332 g/mol. The Bertz CT molecular complexity index is 555. The Morgan fingerprint density at radius 3 is 2.42 bits per heavy atom. The van der Waals surface area contributed by atoms with E-state index < -0.39 is 5.97 Å². The third-order valence-electron chi connectivity index (χ3n) is 5.35. The largest absolute Gasteiger partial charge is 0.481 e. The van der Waals surface area contributed by atoms with Gasteiger partial charge in [-0.25, -0.2) is 9.97 Å². The van der Waals surface area contributed by atoms with Crippen LogP contribution >= 0.6 is 0 Å². The Balaban J connectivity index is 1.61. The Labute approximate surface area is 143 Å². The number of anilines is 1. The van der Waals surface area contributed by atoms with E-state index >= 15 is 0 Å². The lowest BCUT2D eigenvalue weighted by Crippen LogP contribution is -2.31. The summed E-state index contributed by atoms with van der Waals surface area (Å²) >= 11 is 0. The second kappa shape index (κ2) is 7.47. The van der Waals surface area contributed by atoms with Gasteiger partial charge in [0.25, 0.3) is 0 Å². The molecule has 0 amide bonds. The highest BCUT2D eigenvalue weighted by Crippen LogP contribution is 2.30. The van der Waals surface area contributed by atoms with Crippen molar-refractivity contribution in [3.8, 4) is 0 Å². The smallest absolute Gasteiger partial charge is 0.308 e. The van der Waals surface area contributed by atoms with E-state index in [4.69, 9.17) is 0 Å². The number of hydrogen-bond acceptors (Lipinski definition) is 5. The molecule has 6 heteroatoms. The van der Waals surface area contributed by atoms with E-state index in [1.165, 1.54) is 19.3 Å². The molecule has 3 rings (SSSR count). The van der Waals surface area contributed by atoms with Gasteiger partial charge in [0, 0.05) is 50.7 Å². The molecule has 2 aliphatic rings. The van der Waals surface area contributed by atoms with Crippen LogP contribution in [-0.4, -0.2) is 52.1 Å². The van der Waals surface area contributed by atoms with Gasteiger partial charge in [-0.3, -0.25) is 9.69 Å². The van der Waals surface area contributed by atoms with Gasteiger partial charge in [0.15, 0.2) is 0 Å².